The normalized spacial score (nSPS) is 13.3. The summed E-state index contributed by atoms with van der Waals surface area (Å²) in [5, 5.41) is 2.92. The molecule has 2 N–H and O–H groups in total. The predicted molar refractivity (Wildman–Crippen MR) is 109 cm³/mol. The summed E-state index contributed by atoms with van der Waals surface area (Å²) < 4.78 is 15.7. The van der Waals surface area contributed by atoms with E-state index in [9.17, 15) is 14.2 Å². The van der Waals surface area contributed by atoms with E-state index >= 15 is 0 Å². The van der Waals surface area contributed by atoms with Gasteiger partial charge in [0.05, 0.1) is 6.61 Å². The van der Waals surface area contributed by atoms with E-state index in [1.54, 1.807) is 11.8 Å². The molecule has 0 aromatic rings. The van der Waals surface area contributed by atoms with Crippen LogP contribution in [0.2, 0.25) is 0 Å². The van der Waals surface area contributed by atoms with Crippen LogP contribution < -0.4 is 5.32 Å². The Morgan fingerprint density at radius 3 is 2.23 bits per heavy atom. The third kappa shape index (κ3) is 20.0. The molecule has 154 valence electrons. The minimum absolute atomic E-state index is 0.0941. The topological polar surface area (TPSA) is 92.7 Å². The van der Waals surface area contributed by atoms with Crippen molar-refractivity contribution in [3.63, 3.8) is 0 Å². The van der Waals surface area contributed by atoms with Gasteiger partial charge in [-0.3, -0.25) is 14.2 Å². The largest absolute Gasteiger partial charge is 0.356 e. The van der Waals surface area contributed by atoms with E-state index in [0.29, 0.717) is 38.2 Å². The lowest BCUT2D eigenvalue weighted by Gasteiger charge is -2.07. The van der Waals surface area contributed by atoms with E-state index in [-0.39, 0.29) is 5.91 Å². The van der Waals surface area contributed by atoms with Crippen molar-refractivity contribution in [2.24, 2.45) is 0 Å². The van der Waals surface area contributed by atoms with E-state index in [1.165, 1.54) is 6.66 Å². The van der Waals surface area contributed by atoms with Crippen molar-refractivity contribution in [1.29, 1.82) is 0 Å². The van der Waals surface area contributed by atoms with Crippen LogP contribution >= 0.6 is 19.4 Å². The highest BCUT2D eigenvalue weighted by atomic mass is 32.2. The Kier molecular flexibility index (Phi) is 16.6. The van der Waals surface area contributed by atoms with Gasteiger partial charge in [0.1, 0.15) is 5.78 Å². The van der Waals surface area contributed by atoms with E-state index in [4.69, 9.17) is 9.42 Å². The van der Waals surface area contributed by atoms with Crippen LogP contribution in [0.3, 0.4) is 0 Å². The van der Waals surface area contributed by atoms with Crippen LogP contribution in [0.25, 0.3) is 0 Å². The number of hydrogen-bond acceptors (Lipinski definition) is 5. The first-order chi connectivity index (χ1) is 12.3. The van der Waals surface area contributed by atoms with Gasteiger partial charge < -0.3 is 14.7 Å². The van der Waals surface area contributed by atoms with Gasteiger partial charge in [-0.15, -0.1) is 0 Å². The molecule has 0 rings (SSSR count). The maximum Gasteiger partial charge on any atom is 0.325 e. The lowest BCUT2D eigenvalue weighted by Crippen LogP contribution is -2.23. The first kappa shape index (κ1) is 25.6. The molecule has 0 bridgehead atoms. The number of unbranched alkanes of at least 4 members (excludes halogenated alkanes) is 6. The number of nitrogens with one attached hydrogen (secondary N) is 1. The van der Waals surface area contributed by atoms with Crippen LogP contribution in [0.4, 0.5) is 0 Å². The maximum absolute atomic E-state index is 11.7. The zero-order valence-electron chi connectivity index (χ0n) is 16.3. The number of ketones is 1. The second kappa shape index (κ2) is 16.8. The lowest BCUT2D eigenvalue weighted by molar-refractivity contribution is -0.121. The Labute approximate surface area is 162 Å². The van der Waals surface area contributed by atoms with Gasteiger partial charge in [-0.1, -0.05) is 25.7 Å². The van der Waals surface area contributed by atoms with Gasteiger partial charge in [0.2, 0.25) is 5.91 Å². The molecule has 0 aliphatic heterocycles. The number of Topliss-reactive ketones (excluding diaryl/α,β-unsaturated/α-hetero) is 1. The molecule has 0 spiro atoms. The van der Waals surface area contributed by atoms with Gasteiger partial charge in [0.25, 0.3) is 0 Å². The molecule has 8 heteroatoms. The molecular formula is C18H36NO5PS. The molecule has 6 nitrogen and oxygen atoms in total. The van der Waals surface area contributed by atoms with Gasteiger partial charge in [-0.25, -0.2) is 0 Å². The molecule has 0 saturated heterocycles. The molecule has 0 radical (unpaired) electrons. The Balaban J connectivity index is 3.32. The number of carbonyl (C=O) groups is 2. The van der Waals surface area contributed by atoms with Crippen molar-refractivity contribution in [2.75, 3.05) is 31.8 Å². The molecule has 0 fully saturated rings. The number of rotatable bonds is 18. The van der Waals surface area contributed by atoms with Gasteiger partial charge in [0.15, 0.2) is 0 Å². The average molecular weight is 410 g/mol. The highest BCUT2D eigenvalue weighted by Crippen LogP contribution is 2.36. The third-order valence-electron chi connectivity index (χ3n) is 3.92. The number of amides is 1. The minimum Gasteiger partial charge on any atom is -0.356 e. The summed E-state index contributed by atoms with van der Waals surface area (Å²) in [6, 6.07) is 0. The van der Waals surface area contributed by atoms with Gasteiger partial charge in [0, 0.05) is 32.5 Å². The number of carbonyl (C=O) groups excluding carboxylic acids is 2. The molecule has 1 unspecified atom stereocenters. The van der Waals surface area contributed by atoms with Crippen molar-refractivity contribution in [3.8, 4) is 0 Å². The van der Waals surface area contributed by atoms with Crippen molar-refractivity contribution >= 4 is 31.0 Å². The highest BCUT2D eigenvalue weighted by molar-refractivity contribution is 7.98. The highest BCUT2D eigenvalue weighted by Gasteiger charge is 2.08. The van der Waals surface area contributed by atoms with Crippen molar-refractivity contribution < 1.29 is 23.6 Å². The standard InChI is InChI=1S/C18H36NO5PS/c1-25(22,23)24-15-10-6-5-9-14-19-18(21)12-8-4-3-7-11-17(20)13-16-26-2/h3-16H2,1-2H3,(H,19,21)(H,22,23). The summed E-state index contributed by atoms with van der Waals surface area (Å²) in [6.07, 6.45) is 11.3. The summed E-state index contributed by atoms with van der Waals surface area (Å²) in [5.74, 6) is 1.36. The van der Waals surface area contributed by atoms with Crippen LogP contribution in [0, 0.1) is 0 Å². The first-order valence-corrected chi connectivity index (χ1v) is 13.0. The molecule has 0 aromatic heterocycles. The summed E-state index contributed by atoms with van der Waals surface area (Å²) in [7, 11) is -3.34. The Morgan fingerprint density at radius 2 is 1.58 bits per heavy atom. The Bertz CT molecular complexity index is 428. The van der Waals surface area contributed by atoms with Crippen LogP contribution in [0.15, 0.2) is 0 Å². The van der Waals surface area contributed by atoms with Crippen molar-refractivity contribution in [2.45, 2.75) is 70.6 Å². The fraction of sp³-hybridized carbons (Fsp3) is 0.889. The minimum atomic E-state index is -3.34. The van der Waals surface area contributed by atoms with E-state index in [2.05, 4.69) is 5.32 Å². The first-order valence-electron chi connectivity index (χ1n) is 9.57. The second-order valence-corrected chi connectivity index (χ2v) is 9.45. The summed E-state index contributed by atoms with van der Waals surface area (Å²) in [6.45, 7) is 2.17. The number of hydrogen-bond donors (Lipinski definition) is 2. The summed E-state index contributed by atoms with van der Waals surface area (Å²) in [5.41, 5.74) is 0. The van der Waals surface area contributed by atoms with Crippen LogP contribution in [0.5, 0.6) is 0 Å². The fourth-order valence-corrected chi connectivity index (χ4v) is 3.33. The summed E-state index contributed by atoms with van der Waals surface area (Å²) >= 11 is 1.70. The fourth-order valence-electron chi connectivity index (χ4n) is 2.43. The third-order valence-corrected chi connectivity index (χ3v) is 5.19. The molecule has 0 aliphatic carbocycles. The molecule has 1 atom stereocenters. The molecule has 26 heavy (non-hydrogen) atoms. The molecule has 1 amide bonds. The van der Waals surface area contributed by atoms with Gasteiger partial charge >= 0.3 is 7.60 Å². The van der Waals surface area contributed by atoms with Crippen LogP contribution in [-0.2, 0) is 18.7 Å². The molecule has 0 saturated carbocycles. The predicted octanol–water partition coefficient (Wildman–Crippen LogP) is 4.16. The van der Waals surface area contributed by atoms with Crippen molar-refractivity contribution in [3.05, 3.63) is 0 Å². The van der Waals surface area contributed by atoms with E-state index < -0.39 is 7.60 Å². The zero-order valence-corrected chi connectivity index (χ0v) is 18.0. The van der Waals surface area contributed by atoms with E-state index in [1.807, 2.05) is 6.26 Å². The van der Waals surface area contributed by atoms with Gasteiger partial charge in [-0.2, -0.15) is 11.8 Å². The monoisotopic (exact) mass is 409 g/mol. The molecular weight excluding hydrogens is 373 g/mol. The molecule has 0 heterocycles. The van der Waals surface area contributed by atoms with E-state index in [0.717, 1.165) is 57.1 Å². The molecule has 0 aromatic carbocycles. The van der Waals surface area contributed by atoms with Crippen molar-refractivity contribution in [1.82, 2.24) is 5.32 Å². The smallest absolute Gasteiger partial charge is 0.325 e. The number of thioether (sulfide) groups is 1. The lowest BCUT2D eigenvalue weighted by atomic mass is 10.1. The average Bonchev–Trinajstić information content (AvgIpc) is 2.57. The Hall–Kier alpha value is -0.360. The van der Waals surface area contributed by atoms with Crippen LogP contribution in [-0.4, -0.2) is 48.4 Å². The quantitative estimate of drug-likeness (QED) is 0.261. The molecule has 0 aliphatic rings. The maximum atomic E-state index is 11.7. The Morgan fingerprint density at radius 1 is 0.962 bits per heavy atom. The zero-order chi connectivity index (χ0) is 19.7. The SMILES string of the molecule is CSCCC(=O)CCCCCCC(=O)NCCCCCCOP(C)(=O)O. The van der Waals surface area contributed by atoms with Crippen LogP contribution in [0.1, 0.15) is 70.6 Å². The second-order valence-electron chi connectivity index (χ2n) is 6.60. The van der Waals surface area contributed by atoms with Gasteiger partial charge in [-0.05, 0) is 37.7 Å². The summed E-state index contributed by atoms with van der Waals surface area (Å²) in [4.78, 5) is 32.2.